The maximum atomic E-state index is 13.0. The largest absolute Gasteiger partial charge is 0.483 e. The second-order valence-electron chi connectivity index (χ2n) is 3.76. The Morgan fingerprint density at radius 2 is 2.00 bits per heavy atom. The molecule has 0 spiro atoms. The predicted molar refractivity (Wildman–Crippen MR) is 56.8 cm³/mol. The summed E-state index contributed by atoms with van der Waals surface area (Å²) in [5.74, 6) is -1.84. The van der Waals surface area contributed by atoms with Gasteiger partial charge in [0, 0.05) is 0 Å². The van der Waals surface area contributed by atoms with E-state index >= 15 is 0 Å². The Labute approximate surface area is 102 Å². The summed E-state index contributed by atoms with van der Waals surface area (Å²) < 4.78 is 55.4. The number of rotatable bonds is 4. The third-order valence-corrected chi connectivity index (χ3v) is 2.35. The smallest absolute Gasteiger partial charge is 0.419 e. The molecule has 0 aromatic heterocycles. The van der Waals surface area contributed by atoms with Gasteiger partial charge >= 0.3 is 6.18 Å². The van der Waals surface area contributed by atoms with Gasteiger partial charge in [0.1, 0.15) is 11.6 Å². The average Bonchev–Trinajstić information content (AvgIpc) is 2.25. The minimum Gasteiger partial charge on any atom is -0.483 e. The van der Waals surface area contributed by atoms with Crippen molar-refractivity contribution in [3.63, 3.8) is 0 Å². The van der Waals surface area contributed by atoms with Crippen LogP contribution in [0.1, 0.15) is 25.8 Å². The Morgan fingerprint density at radius 3 is 2.44 bits per heavy atom. The van der Waals surface area contributed by atoms with Crippen molar-refractivity contribution in [1.82, 2.24) is 0 Å². The van der Waals surface area contributed by atoms with Gasteiger partial charge in [-0.3, -0.25) is 4.79 Å². The molecule has 0 bridgehead atoms. The molecule has 0 aliphatic heterocycles. The van der Waals surface area contributed by atoms with Crippen molar-refractivity contribution in [2.24, 2.45) is 0 Å². The number of hydrogen-bond acceptors (Lipinski definition) is 2. The van der Waals surface area contributed by atoms with Crippen LogP contribution < -0.4 is 4.74 Å². The van der Waals surface area contributed by atoms with Crippen molar-refractivity contribution in [2.75, 3.05) is 0 Å². The molecule has 0 unspecified atom stereocenters. The van der Waals surface area contributed by atoms with Gasteiger partial charge in [-0.05, 0) is 31.5 Å². The Balaban J connectivity index is 3.02. The van der Waals surface area contributed by atoms with Gasteiger partial charge in [0.05, 0.1) is 5.56 Å². The summed E-state index contributed by atoms with van der Waals surface area (Å²) in [6.07, 6.45) is -5.29. The molecule has 0 N–H and O–H groups in total. The van der Waals surface area contributed by atoms with Crippen LogP contribution in [0.25, 0.3) is 0 Å². The van der Waals surface area contributed by atoms with E-state index in [-0.39, 0.29) is 11.5 Å². The van der Waals surface area contributed by atoms with Gasteiger partial charge in [0.15, 0.2) is 11.9 Å². The van der Waals surface area contributed by atoms with Crippen LogP contribution in [0.2, 0.25) is 0 Å². The van der Waals surface area contributed by atoms with Crippen LogP contribution in [0.3, 0.4) is 0 Å². The van der Waals surface area contributed by atoms with Crippen LogP contribution in [0, 0.1) is 5.82 Å². The third kappa shape index (κ3) is 3.45. The van der Waals surface area contributed by atoms with Crippen LogP contribution in [-0.2, 0) is 11.0 Å². The second-order valence-corrected chi connectivity index (χ2v) is 3.76. The quantitative estimate of drug-likeness (QED) is 0.777. The summed E-state index contributed by atoms with van der Waals surface area (Å²) in [6, 6.07) is 2.29. The molecule has 100 valence electrons. The van der Waals surface area contributed by atoms with Crippen LogP contribution in [0.5, 0.6) is 5.75 Å². The summed E-state index contributed by atoms with van der Waals surface area (Å²) in [6.45, 7) is 2.95. The molecule has 0 amide bonds. The van der Waals surface area contributed by atoms with E-state index in [0.29, 0.717) is 18.6 Å². The molecule has 0 heterocycles. The maximum absolute atomic E-state index is 13.0. The highest BCUT2D eigenvalue weighted by molar-refractivity contribution is 5.80. The van der Waals surface area contributed by atoms with Crippen molar-refractivity contribution < 1.29 is 27.1 Å². The van der Waals surface area contributed by atoms with Crippen LogP contribution in [0.4, 0.5) is 17.6 Å². The summed E-state index contributed by atoms with van der Waals surface area (Å²) in [4.78, 5) is 11.1. The minimum absolute atomic E-state index is 0.175. The lowest BCUT2D eigenvalue weighted by atomic mass is 10.1. The zero-order chi connectivity index (χ0) is 13.9. The summed E-state index contributed by atoms with van der Waals surface area (Å²) >= 11 is 0. The molecule has 1 aromatic carbocycles. The molecule has 2 nitrogen and oxygen atoms in total. The van der Waals surface area contributed by atoms with E-state index in [1.807, 2.05) is 0 Å². The fraction of sp³-hybridized carbons (Fsp3) is 0.417. The highest BCUT2D eigenvalue weighted by atomic mass is 19.4. The van der Waals surface area contributed by atoms with E-state index in [9.17, 15) is 22.4 Å². The molecule has 0 aliphatic rings. The topological polar surface area (TPSA) is 26.3 Å². The molecular weight excluding hydrogens is 252 g/mol. The fourth-order valence-corrected chi connectivity index (χ4v) is 1.41. The Morgan fingerprint density at radius 1 is 1.39 bits per heavy atom. The molecule has 18 heavy (non-hydrogen) atoms. The second kappa shape index (κ2) is 5.37. The number of Topliss-reactive ketones (excluding diaryl/α,β-unsaturated/α-hetero) is 1. The van der Waals surface area contributed by atoms with E-state index < -0.39 is 23.7 Å². The highest BCUT2D eigenvalue weighted by Crippen LogP contribution is 2.33. The van der Waals surface area contributed by atoms with Gasteiger partial charge in [-0.15, -0.1) is 0 Å². The predicted octanol–water partition coefficient (Wildman–Crippen LogP) is 3.59. The number of alkyl halides is 3. The molecule has 1 aromatic rings. The summed E-state index contributed by atoms with van der Waals surface area (Å²) in [5.41, 5.74) is -1.40. The first kappa shape index (κ1) is 14.5. The van der Waals surface area contributed by atoms with Crippen molar-refractivity contribution >= 4 is 5.78 Å². The molecule has 1 rings (SSSR count). The van der Waals surface area contributed by atoms with Gasteiger partial charge in [-0.1, -0.05) is 6.92 Å². The molecule has 6 heteroatoms. The molecule has 0 radical (unpaired) electrons. The Kier molecular flexibility index (Phi) is 4.32. The number of halogens is 4. The van der Waals surface area contributed by atoms with E-state index in [4.69, 9.17) is 4.74 Å². The van der Waals surface area contributed by atoms with Crippen molar-refractivity contribution in [1.29, 1.82) is 0 Å². The summed E-state index contributed by atoms with van der Waals surface area (Å²) in [5, 5.41) is 0. The number of carbonyl (C=O) groups excluding carboxylic acids is 1. The Hall–Kier alpha value is -1.59. The molecule has 1 atom stereocenters. The van der Waals surface area contributed by atoms with E-state index in [1.165, 1.54) is 6.92 Å². The summed E-state index contributed by atoms with van der Waals surface area (Å²) in [7, 11) is 0. The van der Waals surface area contributed by atoms with Gasteiger partial charge in [0.25, 0.3) is 0 Å². The number of carbonyl (C=O) groups is 1. The number of ketones is 1. The third-order valence-electron chi connectivity index (χ3n) is 2.35. The SMILES string of the molecule is CC[C@H](Oc1ccc(F)c(C(F)(F)F)c1)C(C)=O. The monoisotopic (exact) mass is 264 g/mol. The number of ether oxygens (including phenoxy) is 1. The van der Waals surface area contributed by atoms with E-state index in [0.717, 1.165) is 6.07 Å². The molecule has 0 saturated heterocycles. The molecule has 0 fully saturated rings. The minimum atomic E-state index is -4.79. The van der Waals surface area contributed by atoms with Crippen LogP contribution >= 0.6 is 0 Å². The first-order chi connectivity index (χ1) is 8.25. The number of benzene rings is 1. The lowest BCUT2D eigenvalue weighted by Gasteiger charge is -2.16. The Bertz CT molecular complexity index is 440. The van der Waals surface area contributed by atoms with E-state index in [2.05, 4.69) is 0 Å². The highest BCUT2D eigenvalue weighted by Gasteiger charge is 2.34. The zero-order valence-electron chi connectivity index (χ0n) is 9.84. The van der Waals surface area contributed by atoms with Crippen molar-refractivity contribution in [3.8, 4) is 5.75 Å². The molecule has 0 saturated carbocycles. The fourth-order valence-electron chi connectivity index (χ4n) is 1.41. The maximum Gasteiger partial charge on any atom is 0.419 e. The van der Waals surface area contributed by atoms with Crippen LogP contribution in [-0.4, -0.2) is 11.9 Å². The average molecular weight is 264 g/mol. The van der Waals surface area contributed by atoms with Gasteiger partial charge < -0.3 is 4.74 Å². The number of hydrogen-bond donors (Lipinski definition) is 0. The lowest BCUT2D eigenvalue weighted by molar-refractivity contribution is -0.140. The van der Waals surface area contributed by atoms with Gasteiger partial charge in [0.2, 0.25) is 0 Å². The van der Waals surface area contributed by atoms with Crippen LogP contribution in [0.15, 0.2) is 18.2 Å². The standard InChI is InChI=1S/C12H12F4O2/c1-3-11(7(2)17)18-8-4-5-10(13)9(6-8)12(14,15)16/h4-6,11H,3H2,1-2H3/t11-/m0/s1. The van der Waals surface area contributed by atoms with Crippen molar-refractivity contribution in [3.05, 3.63) is 29.6 Å². The van der Waals surface area contributed by atoms with Crippen molar-refractivity contribution in [2.45, 2.75) is 32.5 Å². The first-order valence-corrected chi connectivity index (χ1v) is 5.29. The van der Waals surface area contributed by atoms with Gasteiger partial charge in [-0.25, -0.2) is 4.39 Å². The lowest BCUT2D eigenvalue weighted by Crippen LogP contribution is -2.24. The molecule has 0 aliphatic carbocycles. The zero-order valence-corrected chi connectivity index (χ0v) is 9.84. The molecular formula is C12H12F4O2. The van der Waals surface area contributed by atoms with E-state index in [1.54, 1.807) is 6.92 Å². The first-order valence-electron chi connectivity index (χ1n) is 5.29. The van der Waals surface area contributed by atoms with Gasteiger partial charge in [-0.2, -0.15) is 13.2 Å². The normalized spacial score (nSPS) is 13.2.